The molecule has 0 fully saturated rings. The van der Waals surface area contributed by atoms with Gasteiger partial charge in [-0.15, -0.1) is 0 Å². The van der Waals surface area contributed by atoms with Crippen LogP contribution in [0.15, 0.2) is 59.1 Å². The van der Waals surface area contributed by atoms with E-state index in [2.05, 4.69) is 25.8 Å². The maximum Gasteiger partial charge on any atom is 0.387 e. The minimum Gasteiger partial charge on any atom is -0.435 e. The summed E-state index contributed by atoms with van der Waals surface area (Å²) in [7, 11) is 0. The molecule has 32 heavy (non-hydrogen) atoms. The standard InChI is InChI=1S/C22H22F2N4O4/c1-22(2,3)17-12-18(28-32-17)27-21(30)26-15-9-7-14(8-10-15)25-19(29)13-5-4-6-16(11-13)31-20(23)24/h4-12,20H,1-3H3,(H,25,29)(H2,26,27,28,30). The van der Waals surface area contributed by atoms with Gasteiger partial charge in [-0.2, -0.15) is 8.78 Å². The van der Waals surface area contributed by atoms with Crippen LogP contribution in [-0.4, -0.2) is 23.7 Å². The lowest BCUT2D eigenvalue weighted by Gasteiger charge is -2.12. The van der Waals surface area contributed by atoms with E-state index in [9.17, 15) is 18.4 Å². The van der Waals surface area contributed by atoms with Gasteiger partial charge in [-0.1, -0.05) is 32.0 Å². The second-order valence-corrected chi connectivity index (χ2v) is 7.84. The maximum atomic E-state index is 12.3. The lowest BCUT2D eigenvalue weighted by molar-refractivity contribution is -0.0498. The number of nitrogens with one attached hydrogen (secondary N) is 3. The highest BCUT2D eigenvalue weighted by atomic mass is 19.3. The first-order valence-electron chi connectivity index (χ1n) is 9.61. The summed E-state index contributed by atoms with van der Waals surface area (Å²) in [6.07, 6.45) is 0. The molecule has 3 aromatic rings. The summed E-state index contributed by atoms with van der Waals surface area (Å²) in [5, 5.41) is 11.7. The Balaban J connectivity index is 1.56. The van der Waals surface area contributed by atoms with Crippen molar-refractivity contribution in [2.45, 2.75) is 32.8 Å². The summed E-state index contributed by atoms with van der Waals surface area (Å²) in [6.45, 7) is 2.92. The van der Waals surface area contributed by atoms with E-state index in [1.807, 2.05) is 20.8 Å². The van der Waals surface area contributed by atoms with Crippen LogP contribution in [0.25, 0.3) is 0 Å². The first kappa shape index (κ1) is 22.7. The van der Waals surface area contributed by atoms with E-state index in [4.69, 9.17) is 4.52 Å². The van der Waals surface area contributed by atoms with Gasteiger partial charge in [0.15, 0.2) is 5.82 Å². The second-order valence-electron chi connectivity index (χ2n) is 7.84. The molecule has 0 unspecified atom stereocenters. The van der Waals surface area contributed by atoms with E-state index in [1.54, 1.807) is 30.3 Å². The summed E-state index contributed by atoms with van der Waals surface area (Å²) in [5.74, 6) is 0.317. The van der Waals surface area contributed by atoms with Gasteiger partial charge < -0.3 is 19.9 Å². The fourth-order valence-corrected chi connectivity index (χ4v) is 2.62. The average Bonchev–Trinajstić information content (AvgIpc) is 3.18. The van der Waals surface area contributed by atoms with Crippen molar-refractivity contribution in [2.75, 3.05) is 16.0 Å². The molecule has 1 aromatic heterocycles. The molecule has 1 heterocycles. The SMILES string of the molecule is CC(C)(C)c1cc(NC(=O)Nc2ccc(NC(=O)c3cccc(OC(F)F)c3)cc2)no1. The highest BCUT2D eigenvalue weighted by Crippen LogP contribution is 2.24. The van der Waals surface area contributed by atoms with E-state index in [-0.39, 0.29) is 22.5 Å². The van der Waals surface area contributed by atoms with Crippen molar-refractivity contribution in [3.63, 3.8) is 0 Å². The topological polar surface area (TPSA) is 105 Å². The van der Waals surface area contributed by atoms with Gasteiger partial charge in [0.2, 0.25) is 0 Å². The molecule has 2 aromatic carbocycles. The van der Waals surface area contributed by atoms with Gasteiger partial charge in [0.1, 0.15) is 11.5 Å². The van der Waals surface area contributed by atoms with Crippen LogP contribution in [0.1, 0.15) is 36.9 Å². The third kappa shape index (κ3) is 6.27. The minimum atomic E-state index is -2.98. The van der Waals surface area contributed by atoms with Crippen LogP contribution in [0.2, 0.25) is 0 Å². The monoisotopic (exact) mass is 444 g/mol. The zero-order valence-electron chi connectivity index (χ0n) is 17.6. The number of anilines is 3. The molecule has 0 radical (unpaired) electrons. The molecule has 3 rings (SSSR count). The molecular weight excluding hydrogens is 422 g/mol. The normalized spacial score (nSPS) is 11.2. The van der Waals surface area contributed by atoms with E-state index >= 15 is 0 Å². The Bertz CT molecular complexity index is 1090. The predicted octanol–water partition coefficient (Wildman–Crippen LogP) is 5.47. The maximum absolute atomic E-state index is 12.3. The van der Waals surface area contributed by atoms with Crippen molar-refractivity contribution in [3.8, 4) is 5.75 Å². The Labute approximate surface area is 182 Å². The van der Waals surface area contributed by atoms with Gasteiger partial charge in [-0.05, 0) is 42.5 Å². The van der Waals surface area contributed by atoms with E-state index in [0.717, 1.165) is 0 Å². The van der Waals surface area contributed by atoms with Crippen LogP contribution in [0, 0.1) is 0 Å². The van der Waals surface area contributed by atoms with Gasteiger partial charge in [0.05, 0.1) is 0 Å². The van der Waals surface area contributed by atoms with Gasteiger partial charge in [0.25, 0.3) is 5.91 Å². The van der Waals surface area contributed by atoms with Crippen molar-refractivity contribution in [3.05, 3.63) is 65.9 Å². The molecule has 0 aliphatic carbocycles. The summed E-state index contributed by atoms with van der Waals surface area (Å²) in [4.78, 5) is 24.5. The number of hydrogen-bond acceptors (Lipinski definition) is 5. The highest BCUT2D eigenvalue weighted by Gasteiger charge is 2.20. The predicted molar refractivity (Wildman–Crippen MR) is 115 cm³/mol. The van der Waals surface area contributed by atoms with Crippen LogP contribution in [-0.2, 0) is 5.41 Å². The van der Waals surface area contributed by atoms with E-state index < -0.39 is 18.5 Å². The number of carbonyl (C=O) groups excluding carboxylic acids is 2. The van der Waals surface area contributed by atoms with E-state index in [1.165, 1.54) is 24.3 Å². The largest absolute Gasteiger partial charge is 0.435 e. The van der Waals surface area contributed by atoms with Crippen molar-refractivity contribution >= 4 is 29.1 Å². The molecular formula is C22H22F2N4O4. The molecule has 8 nitrogen and oxygen atoms in total. The van der Waals surface area contributed by atoms with Gasteiger partial charge in [-0.3, -0.25) is 10.1 Å². The first-order valence-corrected chi connectivity index (χ1v) is 9.61. The highest BCUT2D eigenvalue weighted by molar-refractivity contribution is 6.04. The number of ether oxygens (including phenoxy) is 1. The summed E-state index contributed by atoms with van der Waals surface area (Å²) >= 11 is 0. The van der Waals surface area contributed by atoms with Crippen LogP contribution in [0.5, 0.6) is 5.75 Å². The lowest BCUT2D eigenvalue weighted by Crippen LogP contribution is -2.19. The van der Waals surface area contributed by atoms with Gasteiger partial charge >= 0.3 is 12.6 Å². The third-order valence-corrected chi connectivity index (χ3v) is 4.21. The Kier molecular flexibility index (Phi) is 6.72. The summed E-state index contributed by atoms with van der Waals surface area (Å²) < 4.78 is 34.2. The number of halogens is 2. The second kappa shape index (κ2) is 9.46. The lowest BCUT2D eigenvalue weighted by atomic mass is 9.93. The van der Waals surface area contributed by atoms with Crippen LogP contribution < -0.4 is 20.7 Å². The quantitative estimate of drug-likeness (QED) is 0.468. The molecule has 0 saturated heterocycles. The Hall–Kier alpha value is -3.95. The summed E-state index contributed by atoms with van der Waals surface area (Å²) in [6, 6.07) is 13.0. The first-order chi connectivity index (χ1) is 15.1. The molecule has 0 bridgehead atoms. The third-order valence-electron chi connectivity index (χ3n) is 4.21. The number of hydrogen-bond donors (Lipinski definition) is 3. The van der Waals surface area contributed by atoms with Crippen molar-refractivity contribution in [1.29, 1.82) is 0 Å². The fraction of sp³-hybridized carbons (Fsp3) is 0.227. The Morgan fingerprint density at radius 2 is 1.62 bits per heavy atom. The average molecular weight is 444 g/mol. The van der Waals surface area contributed by atoms with Crippen LogP contribution >= 0.6 is 0 Å². The zero-order valence-corrected chi connectivity index (χ0v) is 17.6. The molecule has 0 atom stereocenters. The Morgan fingerprint density at radius 3 is 2.22 bits per heavy atom. The number of carbonyl (C=O) groups is 2. The molecule has 3 N–H and O–H groups in total. The van der Waals surface area contributed by atoms with Crippen LogP contribution in [0.4, 0.5) is 30.8 Å². The van der Waals surface area contributed by atoms with Gasteiger partial charge in [-0.25, -0.2) is 4.79 Å². The van der Waals surface area contributed by atoms with Crippen molar-refractivity contribution in [2.24, 2.45) is 0 Å². The molecule has 0 saturated carbocycles. The van der Waals surface area contributed by atoms with Crippen LogP contribution in [0.3, 0.4) is 0 Å². The number of alkyl halides is 2. The number of aromatic nitrogens is 1. The minimum absolute atomic E-state index is 0.111. The summed E-state index contributed by atoms with van der Waals surface area (Å²) in [5.41, 5.74) is 0.854. The molecule has 0 aliphatic heterocycles. The molecule has 168 valence electrons. The molecule has 0 spiro atoms. The number of nitrogens with zero attached hydrogens (tertiary/aromatic N) is 1. The number of urea groups is 1. The van der Waals surface area contributed by atoms with Crippen molar-refractivity contribution in [1.82, 2.24) is 5.16 Å². The number of amides is 3. The smallest absolute Gasteiger partial charge is 0.387 e. The molecule has 0 aliphatic rings. The number of benzene rings is 2. The fourth-order valence-electron chi connectivity index (χ4n) is 2.62. The van der Waals surface area contributed by atoms with E-state index in [0.29, 0.717) is 17.1 Å². The van der Waals surface area contributed by atoms with Crippen molar-refractivity contribution < 1.29 is 27.6 Å². The molecule has 10 heteroatoms. The zero-order chi connectivity index (χ0) is 23.3. The Morgan fingerprint density at radius 1 is 0.969 bits per heavy atom. The molecule has 3 amide bonds. The van der Waals surface area contributed by atoms with Gasteiger partial charge in [0, 0.05) is 28.4 Å². The number of rotatable bonds is 6.